The summed E-state index contributed by atoms with van der Waals surface area (Å²) >= 11 is 6.36. The molecule has 4 rings (SSSR count). The molecule has 0 spiro atoms. The minimum atomic E-state index is -3.33. The molecule has 0 saturated heterocycles. The molecule has 0 bridgehead atoms. The first-order chi connectivity index (χ1) is 16.5. The van der Waals surface area contributed by atoms with Crippen LogP contribution in [0.5, 0.6) is 0 Å². The van der Waals surface area contributed by atoms with Crippen molar-refractivity contribution in [2.45, 2.75) is 25.1 Å². The van der Waals surface area contributed by atoms with Gasteiger partial charge in [0.2, 0.25) is 0 Å². The first-order valence-electron chi connectivity index (χ1n) is 10.8. The molecule has 0 unspecified atom stereocenters. The van der Waals surface area contributed by atoms with E-state index >= 15 is 0 Å². The summed E-state index contributed by atoms with van der Waals surface area (Å²) in [4.78, 5) is 28.9. The van der Waals surface area contributed by atoms with E-state index in [-0.39, 0.29) is 22.1 Å². The van der Waals surface area contributed by atoms with Crippen LogP contribution in [0.3, 0.4) is 0 Å². The number of benzene rings is 2. The quantitative estimate of drug-likeness (QED) is 0.530. The zero-order chi connectivity index (χ0) is 25.5. The Morgan fingerprint density at radius 1 is 1.11 bits per heavy atom. The van der Waals surface area contributed by atoms with Gasteiger partial charge in [-0.15, -0.1) is 0 Å². The minimum Gasteiger partial charge on any atom is -0.481 e. The maximum atomic E-state index is 13.8. The number of aliphatic carboxylic acids is 1. The van der Waals surface area contributed by atoms with Gasteiger partial charge in [-0.05, 0) is 41.0 Å². The van der Waals surface area contributed by atoms with Gasteiger partial charge in [-0.25, -0.2) is 12.8 Å². The van der Waals surface area contributed by atoms with Crippen molar-refractivity contribution in [3.63, 3.8) is 0 Å². The number of hydrogen-bond donors (Lipinski definition) is 1. The Bertz CT molecular complexity index is 1550. The van der Waals surface area contributed by atoms with Crippen LogP contribution in [0.1, 0.15) is 41.6 Å². The number of aryl methyl sites for hydroxylation is 1. The lowest BCUT2D eigenvalue weighted by Crippen LogP contribution is -2.18. The molecule has 1 atom stereocenters. The topological polar surface area (TPSA) is 106 Å². The first kappa shape index (κ1) is 24.8. The van der Waals surface area contributed by atoms with E-state index in [1.165, 1.54) is 22.8 Å². The molecule has 2 heterocycles. The van der Waals surface area contributed by atoms with Crippen LogP contribution in [-0.2, 0) is 27.4 Å². The van der Waals surface area contributed by atoms with Crippen molar-refractivity contribution in [1.29, 1.82) is 0 Å². The van der Waals surface area contributed by atoms with Crippen molar-refractivity contribution >= 4 is 33.1 Å². The van der Waals surface area contributed by atoms with E-state index in [0.29, 0.717) is 39.1 Å². The molecule has 0 saturated carbocycles. The highest BCUT2D eigenvalue weighted by Crippen LogP contribution is 2.39. The molecule has 1 aliphatic rings. The van der Waals surface area contributed by atoms with Gasteiger partial charge in [-0.2, -0.15) is 0 Å². The fourth-order valence-corrected chi connectivity index (χ4v) is 5.27. The highest BCUT2D eigenvalue weighted by molar-refractivity contribution is 7.90. The molecular formula is C25H22ClFN2O5S. The largest absolute Gasteiger partial charge is 0.481 e. The molecule has 1 N–H and O–H groups in total. The number of pyridine rings is 1. The summed E-state index contributed by atoms with van der Waals surface area (Å²) in [7, 11) is -1.76. The second kappa shape index (κ2) is 9.39. The lowest BCUT2D eigenvalue weighted by atomic mass is 9.90. The maximum absolute atomic E-state index is 13.8. The van der Waals surface area contributed by atoms with E-state index in [2.05, 4.69) is 0 Å². The third kappa shape index (κ3) is 5.06. The Hall–Kier alpha value is -3.30. The number of carboxylic acid groups (broad SMARTS) is 1. The molecule has 7 nitrogen and oxygen atoms in total. The molecule has 35 heavy (non-hydrogen) atoms. The molecule has 0 fully saturated rings. The molecule has 1 aromatic heterocycles. The molecule has 0 aliphatic carbocycles. The van der Waals surface area contributed by atoms with Crippen molar-refractivity contribution in [2.75, 3.05) is 5.75 Å². The molecule has 0 radical (unpaired) electrons. The first-order valence-corrected chi connectivity index (χ1v) is 13.0. The Kier molecular flexibility index (Phi) is 6.66. The van der Waals surface area contributed by atoms with Crippen molar-refractivity contribution in [2.24, 2.45) is 12.0 Å². The lowest BCUT2D eigenvalue weighted by molar-refractivity contribution is -0.137. The Balaban J connectivity index is 2.06. The Morgan fingerprint density at radius 3 is 2.49 bits per heavy atom. The predicted molar refractivity (Wildman–Crippen MR) is 132 cm³/mol. The normalized spacial score (nSPS) is 15.1. The minimum absolute atomic E-state index is 0.0201. The number of rotatable bonds is 6. The molecular weight excluding hydrogens is 495 g/mol. The van der Waals surface area contributed by atoms with Crippen LogP contribution >= 0.6 is 11.6 Å². The fourth-order valence-electron chi connectivity index (χ4n) is 4.12. The van der Waals surface area contributed by atoms with Crippen molar-refractivity contribution in [3.05, 3.63) is 92.1 Å². The number of aliphatic imine (C=N–C) groups is 1. The van der Waals surface area contributed by atoms with Gasteiger partial charge in [0.15, 0.2) is 9.84 Å². The van der Waals surface area contributed by atoms with Crippen LogP contribution in [0.2, 0.25) is 5.02 Å². The number of fused-ring (bicyclic) bond motifs is 3. The summed E-state index contributed by atoms with van der Waals surface area (Å²) in [5, 5.41) is 9.66. The number of sulfone groups is 1. The van der Waals surface area contributed by atoms with Crippen LogP contribution < -0.4 is 5.56 Å². The smallest absolute Gasteiger partial charge is 0.305 e. The van der Waals surface area contributed by atoms with Crippen LogP contribution in [0.25, 0.3) is 11.1 Å². The number of nitrogens with zero attached hydrogens (tertiary/aromatic N) is 2. The van der Waals surface area contributed by atoms with Gasteiger partial charge in [0.25, 0.3) is 5.56 Å². The summed E-state index contributed by atoms with van der Waals surface area (Å²) < 4.78 is 39.8. The second-order valence-electron chi connectivity index (χ2n) is 8.36. The second-order valence-corrected chi connectivity index (χ2v) is 11.1. The van der Waals surface area contributed by atoms with Gasteiger partial charge in [0.1, 0.15) is 5.82 Å². The summed E-state index contributed by atoms with van der Waals surface area (Å²) in [6, 6.07) is 9.32. The summed E-state index contributed by atoms with van der Waals surface area (Å²) in [5.74, 6) is -1.86. The van der Waals surface area contributed by atoms with Crippen LogP contribution in [-0.4, -0.2) is 35.5 Å². The zero-order valence-electron chi connectivity index (χ0n) is 19.0. The number of carbonyl (C=O) groups is 1. The monoisotopic (exact) mass is 516 g/mol. The van der Waals surface area contributed by atoms with Gasteiger partial charge in [0, 0.05) is 41.8 Å². The molecule has 3 aromatic rings. The standard InChI is InChI=1S/C25H22ClFN2O5S/c1-3-35(33,34)13-14-4-6-16-18(8-14)20-12-29(2)23(30)10-19(20)22(11-24(31)32)28-25(16)17-7-5-15(27)9-21(17)26/h4-10,12,22H,3,11,13H2,1-2H3,(H,31,32)/t22-/m0/s1. The van der Waals surface area contributed by atoms with E-state index in [0.717, 1.165) is 6.07 Å². The molecule has 0 amide bonds. The van der Waals surface area contributed by atoms with E-state index < -0.39 is 34.1 Å². The van der Waals surface area contributed by atoms with Gasteiger partial charge in [0.05, 0.1) is 28.9 Å². The highest BCUT2D eigenvalue weighted by atomic mass is 35.5. The Morgan fingerprint density at radius 2 is 1.83 bits per heavy atom. The van der Waals surface area contributed by atoms with Crippen LogP contribution in [0.4, 0.5) is 4.39 Å². The number of aromatic nitrogens is 1. The molecule has 10 heteroatoms. The van der Waals surface area contributed by atoms with Crippen LogP contribution in [0.15, 0.2) is 58.4 Å². The fraction of sp³-hybridized carbons (Fsp3) is 0.240. The average Bonchev–Trinajstić information content (AvgIpc) is 2.89. The lowest BCUT2D eigenvalue weighted by Gasteiger charge is -2.15. The zero-order valence-corrected chi connectivity index (χ0v) is 20.5. The van der Waals surface area contributed by atoms with Crippen molar-refractivity contribution in [1.82, 2.24) is 4.57 Å². The third-order valence-corrected chi connectivity index (χ3v) is 7.88. The molecule has 1 aliphatic heterocycles. The SMILES string of the molecule is CCS(=O)(=O)Cc1ccc2c(c1)-c1cn(C)c(=O)cc1[C@H](CC(=O)O)N=C2c1ccc(F)cc1Cl. The summed E-state index contributed by atoms with van der Waals surface area (Å²) in [6.07, 6.45) is 1.20. The van der Waals surface area contributed by atoms with E-state index in [1.54, 1.807) is 38.4 Å². The predicted octanol–water partition coefficient (Wildman–Crippen LogP) is 4.15. The van der Waals surface area contributed by atoms with Crippen LogP contribution in [0, 0.1) is 5.82 Å². The summed E-state index contributed by atoms with van der Waals surface area (Å²) in [5.41, 5.74) is 3.00. The molecule has 2 aromatic carbocycles. The Labute approximate surface area is 206 Å². The van der Waals surface area contributed by atoms with Gasteiger partial charge in [-0.1, -0.05) is 30.7 Å². The number of halogens is 2. The third-order valence-electron chi connectivity index (χ3n) is 5.91. The van der Waals surface area contributed by atoms with E-state index in [4.69, 9.17) is 16.6 Å². The van der Waals surface area contributed by atoms with Crippen molar-refractivity contribution < 1.29 is 22.7 Å². The van der Waals surface area contributed by atoms with E-state index in [1.807, 2.05) is 0 Å². The maximum Gasteiger partial charge on any atom is 0.305 e. The van der Waals surface area contributed by atoms with Gasteiger partial charge < -0.3 is 9.67 Å². The van der Waals surface area contributed by atoms with E-state index in [9.17, 15) is 27.5 Å². The average molecular weight is 517 g/mol. The molecule has 182 valence electrons. The van der Waals surface area contributed by atoms with Gasteiger partial charge in [-0.3, -0.25) is 14.6 Å². The number of carboxylic acids is 1. The summed E-state index contributed by atoms with van der Waals surface area (Å²) in [6.45, 7) is 1.57. The van der Waals surface area contributed by atoms with Crippen molar-refractivity contribution in [3.8, 4) is 11.1 Å². The highest BCUT2D eigenvalue weighted by Gasteiger charge is 2.29. The number of hydrogen-bond acceptors (Lipinski definition) is 5. The van der Waals surface area contributed by atoms with Gasteiger partial charge >= 0.3 is 5.97 Å².